The Balaban J connectivity index is 5.47. The summed E-state index contributed by atoms with van der Waals surface area (Å²) in [6.07, 6.45) is 55.7. The number of carbonyl (C=O) groups excluding carboxylic acids is 8. The van der Waals surface area contributed by atoms with Gasteiger partial charge in [0.15, 0.2) is 0 Å². The molecule has 0 saturated carbocycles. The van der Waals surface area contributed by atoms with Crippen LogP contribution in [0.2, 0.25) is 0 Å². The average molecular weight is 1660 g/mol. The van der Waals surface area contributed by atoms with E-state index in [0.717, 1.165) is 128 Å². The average Bonchev–Trinajstić information content (AvgIpc) is 0.902. The van der Waals surface area contributed by atoms with Gasteiger partial charge in [-0.3, -0.25) is 56.5 Å². The minimum atomic E-state index is -4.74. The highest BCUT2D eigenvalue weighted by molar-refractivity contribution is 7.47. The van der Waals surface area contributed by atoms with Gasteiger partial charge in [-0.25, -0.2) is 9.13 Å². The van der Waals surface area contributed by atoms with Crippen molar-refractivity contribution in [3.05, 3.63) is 24.3 Å². The molecule has 0 spiro atoms. The predicted molar refractivity (Wildman–Crippen MR) is 456 cm³/mol. The summed E-state index contributed by atoms with van der Waals surface area (Å²) in [4.78, 5) is 125. The molecule has 4 unspecified atom stereocenters. The van der Waals surface area contributed by atoms with E-state index >= 15 is 0 Å². The van der Waals surface area contributed by atoms with E-state index in [1.54, 1.807) is 0 Å². The lowest BCUT2D eigenvalue weighted by atomic mass is 10.0. The topological polar surface area (TPSA) is 333 Å². The molecule has 6 N–H and O–H groups in total. The maximum Gasteiger partial charge on any atom is 0.472 e. The van der Waals surface area contributed by atoms with Gasteiger partial charge >= 0.3 is 27.6 Å². The fourth-order valence-electron chi connectivity index (χ4n) is 12.9. The number of hydrogen-bond acceptors (Lipinski definition) is 18. The number of unbranched alkanes of at least 4 members (excludes halogenated alkanes) is 35. The molecule has 0 fully saturated rings. The van der Waals surface area contributed by atoms with Crippen molar-refractivity contribution in [2.75, 3.05) is 65.9 Å². The van der Waals surface area contributed by atoms with Crippen molar-refractivity contribution in [2.45, 2.75) is 425 Å². The van der Waals surface area contributed by atoms with Crippen molar-refractivity contribution in [3.8, 4) is 0 Å². The van der Waals surface area contributed by atoms with Gasteiger partial charge in [-0.1, -0.05) is 258 Å². The van der Waals surface area contributed by atoms with E-state index in [2.05, 4.69) is 87.1 Å². The number of nitrogens with one attached hydrogen (secondary N) is 4. The van der Waals surface area contributed by atoms with Crippen LogP contribution in [0.5, 0.6) is 0 Å². The molecule has 666 valence electrons. The Labute approximate surface area is 690 Å². The van der Waals surface area contributed by atoms with E-state index in [1.807, 2.05) is 0 Å². The lowest BCUT2D eigenvalue weighted by molar-refractivity contribution is -0.151. The molecule has 0 bridgehead atoms. The number of phosphoric acid groups is 2. The number of ether oxygens (including phenoxy) is 4. The fraction of sp³-hybridized carbons (Fsp3) is 0.864. The van der Waals surface area contributed by atoms with E-state index in [-0.39, 0.29) is 114 Å². The van der Waals surface area contributed by atoms with E-state index in [9.17, 15) is 57.3 Å². The van der Waals surface area contributed by atoms with E-state index < -0.39 is 77.8 Å². The summed E-state index contributed by atoms with van der Waals surface area (Å²) in [5.74, 6) is -2.93. The summed E-state index contributed by atoms with van der Waals surface area (Å²) in [5, 5.41) is 10.7. The number of allylic oxidation sites excluding steroid dienone is 4. The maximum atomic E-state index is 13.2. The molecule has 0 aliphatic heterocycles. The normalized spacial score (nSPS) is 13.8. The molecule has 114 heavy (non-hydrogen) atoms. The zero-order valence-electron chi connectivity index (χ0n) is 72.4. The van der Waals surface area contributed by atoms with Gasteiger partial charge in [0.25, 0.3) is 0 Å². The fourth-order valence-corrected chi connectivity index (χ4v) is 14.5. The van der Waals surface area contributed by atoms with Crippen LogP contribution >= 0.6 is 15.6 Å². The first kappa shape index (κ1) is 110. The third-order valence-electron chi connectivity index (χ3n) is 19.8. The first-order chi connectivity index (χ1) is 55.2. The van der Waals surface area contributed by atoms with Crippen LogP contribution in [0.4, 0.5) is 0 Å². The lowest BCUT2D eigenvalue weighted by Gasteiger charge is -2.22. The van der Waals surface area contributed by atoms with E-state index in [0.29, 0.717) is 77.0 Å². The summed E-state index contributed by atoms with van der Waals surface area (Å²) in [6, 6.07) is -1.92. The van der Waals surface area contributed by atoms with Crippen molar-refractivity contribution in [3.63, 3.8) is 0 Å². The first-order valence-electron chi connectivity index (χ1n) is 45.4. The van der Waals surface area contributed by atoms with Gasteiger partial charge in [-0.2, -0.15) is 0 Å². The number of Topliss-reactive ketones (excluding diaryl/α,β-unsaturated/α-hetero) is 2. The third-order valence-corrected chi connectivity index (χ3v) is 21.8. The molecule has 0 aliphatic rings. The minimum absolute atomic E-state index is 0.0200. The van der Waals surface area contributed by atoms with Gasteiger partial charge in [-0.05, 0) is 103 Å². The molecular weight excluding hydrogens is 1490 g/mol. The number of phosphoric ester groups is 2. The second-order valence-electron chi connectivity index (χ2n) is 31.0. The first-order valence-corrected chi connectivity index (χ1v) is 48.4. The van der Waals surface area contributed by atoms with Crippen molar-refractivity contribution < 1.29 is 94.3 Å². The number of hydrogen-bond donors (Lipinski definition) is 6. The number of esters is 2. The monoisotopic (exact) mass is 1660 g/mol. The molecule has 0 heterocycles. The van der Waals surface area contributed by atoms with Crippen LogP contribution in [0.1, 0.15) is 401 Å². The standard InChI is InChI=1S/C88H164N4O20P2/c1-7-13-19-25-29-33-37-43-47-55-79(93)71-85(97)91-77(73-105-67-63-81(57-49-41-23-17-11-5)111-87(99)61-51-45-39-35-31-27-21-15-9-3)75-109-113(101,102)107-69-65-89-83(95)59-53-54-60-84(96)90-66-70-108-114(103,104)110-76-78(92-86(98)72-80(94)56-48-44-38-34-30-26-20-14-8-2)74-106-68-64-82(58-50-42-24-18-12-6)112-88(100)62-52-46-40-36-32-28-22-16-10-4/h35-36,39-40,77-78,81-82H,7-34,37-38,41-76H2,1-6H3,(H,89,95)(H,90,96)(H,91,97)(H,92,98)(H,101,102)(H,103,104)/b39-35-,40-36-/t77?,78?,81-,82-/m1/s1. The van der Waals surface area contributed by atoms with Gasteiger partial charge < -0.3 is 50.0 Å². The van der Waals surface area contributed by atoms with Crippen LogP contribution in [0, 0.1) is 0 Å². The van der Waals surface area contributed by atoms with Gasteiger partial charge in [0.2, 0.25) is 23.6 Å². The number of rotatable bonds is 87. The van der Waals surface area contributed by atoms with Gasteiger partial charge in [-0.15, -0.1) is 0 Å². The summed E-state index contributed by atoms with van der Waals surface area (Å²) in [5.41, 5.74) is 0. The van der Waals surface area contributed by atoms with E-state index in [4.69, 9.17) is 37.0 Å². The molecule has 26 heteroatoms. The van der Waals surface area contributed by atoms with Crippen molar-refractivity contribution in [1.82, 2.24) is 21.3 Å². The Morgan fingerprint density at radius 3 is 0.930 bits per heavy atom. The van der Waals surface area contributed by atoms with Crippen LogP contribution in [0.3, 0.4) is 0 Å². The second kappa shape index (κ2) is 79.9. The predicted octanol–water partition coefficient (Wildman–Crippen LogP) is 20.5. The summed E-state index contributed by atoms with van der Waals surface area (Å²) >= 11 is 0. The molecule has 4 amide bonds. The van der Waals surface area contributed by atoms with Crippen LogP contribution in [-0.2, 0) is 84.5 Å². The van der Waals surface area contributed by atoms with Crippen LogP contribution in [-0.4, -0.2) is 147 Å². The van der Waals surface area contributed by atoms with Crippen molar-refractivity contribution in [1.29, 1.82) is 0 Å². The van der Waals surface area contributed by atoms with Gasteiger partial charge in [0.1, 0.15) is 23.8 Å². The largest absolute Gasteiger partial charge is 0.472 e. The Hall–Kier alpha value is -4.22. The van der Waals surface area contributed by atoms with Crippen molar-refractivity contribution in [2.24, 2.45) is 0 Å². The molecule has 0 aromatic carbocycles. The molecule has 0 rings (SSSR count). The molecule has 6 atom stereocenters. The van der Waals surface area contributed by atoms with Gasteiger partial charge in [0, 0.05) is 64.5 Å². The molecular formula is C88H164N4O20P2. The Kier molecular flexibility index (Phi) is 76.9. The summed E-state index contributed by atoms with van der Waals surface area (Å²) < 4.78 is 71.1. The molecule has 0 aromatic rings. The zero-order valence-corrected chi connectivity index (χ0v) is 74.2. The molecule has 24 nitrogen and oxygen atoms in total. The molecule has 0 aromatic heterocycles. The van der Waals surface area contributed by atoms with Crippen molar-refractivity contribution >= 4 is 62.8 Å². The quantitative estimate of drug-likeness (QED) is 0.0108. The maximum absolute atomic E-state index is 13.2. The highest BCUT2D eigenvalue weighted by atomic mass is 31.2. The van der Waals surface area contributed by atoms with Crippen LogP contribution in [0.15, 0.2) is 24.3 Å². The smallest absolute Gasteiger partial charge is 0.462 e. The lowest BCUT2D eigenvalue weighted by Crippen LogP contribution is -2.42. The number of carbonyl (C=O) groups is 8. The number of amides is 4. The summed E-state index contributed by atoms with van der Waals surface area (Å²) in [7, 11) is -9.49. The van der Waals surface area contributed by atoms with Gasteiger partial charge in [0.05, 0.1) is 77.8 Å². The van der Waals surface area contributed by atoms with Crippen LogP contribution in [0.25, 0.3) is 0 Å². The highest BCUT2D eigenvalue weighted by Gasteiger charge is 2.28. The minimum Gasteiger partial charge on any atom is -0.462 e. The Morgan fingerprint density at radius 1 is 0.307 bits per heavy atom. The van der Waals surface area contributed by atoms with Crippen LogP contribution < -0.4 is 21.3 Å². The summed E-state index contributed by atoms with van der Waals surface area (Å²) in [6.45, 7) is 11.0. The molecule has 0 saturated heterocycles. The number of ketones is 2. The Morgan fingerprint density at radius 2 is 0.596 bits per heavy atom. The third kappa shape index (κ3) is 76.5. The zero-order chi connectivity index (χ0) is 83.9. The van der Waals surface area contributed by atoms with E-state index in [1.165, 1.54) is 116 Å². The molecule has 0 aliphatic carbocycles. The Bertz CT molecular complexity index is 2380. The molecule has 0 radical (unpaired) electrons. The second-order valence-corrected chi connectivity index (χ2v) is 33.9. The SMILES string of the molecule is CCCCCC/C=C\CCCC(=O)O[C@H](CCCCCCC)CCOCC(COP(=O)(O)OCCNC(=O)CCCCC(=O)NCCOP(=O)(O)OCC(COCC[C@@H](CCCCCCC)OC(=O)CCC/C=C\CCCCCC)NC(=O)CC(=O)CCCCCCCCCCC)NC(=O)CC(=O)CCCCCCCCCCC. The highest BCUT2D eigenvalue weighted by Crippen LogP contribution is 2.44.